The van der Waals surface area contributed by atoms with Crippen molar-refractivity contribution in [2.45, 2.75) is 19.8 Å². The number of carbonyl (C=O) groups excluding carboxylic acids is 1. The quantitative estimate of drug-likeness (QED) is 0.822. The monoisotopic (exact) mass is 233 g/mol. The number of aromatic amines is 1. The molecule has 2 aromatic heterocycles. The lowest BCUT2D eigenvalue weighted by Crippen LogP contribution is -2.26. The Bertz CT molecular complexity index is 474. The number of amides is 1. The molecule has 0 unspecified atom stereocenters. The third-order valence-corrected chi connectivity index (χ3v) is 2.55. The molecule has 0 saturated carbocycles. The third kappa shape index (κ3) is 2.75. The minimum atomic E-state index is -0.0879. The van der Waals surface area contributed by atoms with Crippen LogP contribution in [-0.4, -0.2) is 22.4 Å². The van der Waals surface area contributed by atoms with Crippen LogP contribution in [-0.2, 0) is 12.8 Å². The van der Waals surface area contributed by atoms with Gasteiger partial charge in [0.2, 0.25) is 0 Å². The fourth-order valence-corrected chi connectivity index (χ4v) is 1.64. The summed E-state index contributed by atoms with van der Waals surface area (Å²) in [4.78, 5) is 18.7. The number of nitrogens with one attached hydrogen (secondary N) is 2. The molecule has 1 amide bonds. The van der Waals surface area contributed by atoms with E-state index in [-0.39, 0.29) is 5.91 Å². The zero-order valence-corrected chi connectivity index (χ0v) is 9.69. The summed E-state index contributed by atoms with van der Waals surface area (Å²) in [7, 11) is 0. The molecule has 0 atom stereocenters. The van der Waals surface area contributed by atoms with E-state index in [1.807, 2.05) is 6.92 Å². The lowest BCUT2D eigenvalue weighted by atomic mass is 10.2. The van der Waals surface area contributed by atoms with Gasteiger partial charge in [0.15, 0.2) is 0 Å². The minimum absolute atomic E-state index is 0.0879. The zero-order chi connectivity index (χ0) is 12.1. The first-order chi connectivity index (χ1) is 8.31. The van der Waals surface area contributed by atoms with E-state index in [9.17, 15) is 4.79 Å². The molecule has 0 fully saturated rings. The van der Waals surface area contributed by atoms with Gasteiger partial charge in [0.05, 0.1) is 18.2 Å². The molecular formula is C12H15N3O2. The van der Waals surface area contributed by atoms with E-state index in [2.05, 4.69) is 15.3 Å². The summed E-state index contributed by atoms with van der Waals surface area (Å²) in [6.07, 6.45) is 6.38. The summed E-state index contributed by atoms with van der Waals surface area (Å²) in [5.74, 6) is 0.638. The van der Waals surface area contributed by atoms with Gasteiger partial charge in [-0.1, -0.05) is 6.92 Å². The van der Waals surface area contributed by atoms with Crippen molar-refractivity contribution in [2.24, 2.45) is 0 Å². The third-order valence-electron chi connectivity index (χ3n) is 2.55. The van der Waals surface area contributed by atoms with Gasteiger partial charge in [-0.3, -0.25) is 4.79 Å². The number of carbonyl (C=O) groups is 1. The fourth-order valence-electron chi connectivity index (χ4n) is 1.64. The number of imidazole rings is 1. The van der Waals surface area contributed by atoms with Crippen LogP contribution in [0.5, 0.6) is 0 Å². The molecule has 2 N–H and O–H groups in total. The van der Waals surface area contributed by atoms with Crippen molar-refractivity contribution < 1.29 is 9.21 Å². The molecule has 90 valence electrons. The van der Waals surface area contributed by atoms with E-state index in [4.69, 9.17) is 4.42 Å². The van der Waals surface area contributed by atoms with Crippen molar-refractivity contribution in [2.75, 3.05) is 6.54 Å². The topological polar surface area (TPSA) is 70.9 Å². The van der Waals surface area contributed by atoms with Crippen LogP contribution in [0.4, 0.5) is 0 Å². The molecule has 5 nitrogen and oxygen atoms in total. The van der Waals surface area contributed by atoms with E-state index in [0.29, 0.717) is 12.1 Å². The van der Waals surface area contributed by atoms with Crippen LogP contribution in [0.15, 0.2) is 29.3 Å². The zero-order valence-electron chi connectivity index (χ0n) is 9.69. The van der Waals surface area contributed by atoms with Crippen LogP contribution in [0.2, 0.25) is 0 Å². The van der Waals surface area contributed by atoms with Crippen molar-refractivity contribution >= 4 is 5.91 Å². The smallest absolute Gasteiger partial charge is 0.254 e. The first-order valence-electron chi connectivity index (χ1n) is 5.63. The lowest BCUT2D eigenvalue weighted by Gasteiger charge is -2.03. The Morgan fingerprint density at radius 3 is 3.18 bits per heavy atom. The molecule has 0 bridgehead atoms. The number of furan rings is 1. The fraction of sp³-hybridized carbons (Fsp3) is 0.333. The molecule has 5 heteroatoms. The largest absolute Gasteiger partial charge is 0.469 e. The Balaban J connectivity index is 1.85. The van der Waals surface area contributed by atoms with Crippen LogP contribution in [0.25, 0.3) is 0 Å². The van der Waals surface area contributed by atoms with Gasteiger partial charge in [0, 0.05) is 31.3 Å². The first kappa shape index (κ1) is 11.4. The van der Waals surface area contributed by atoms with Crippen molar-refractivity contribution in [3.05, 3.63) is 41.9 Å². The van der Waals surface area contributed by atoms with Crippen LogP contribution >= 0.6 is 0 Å². The maximum absolute atomic E-state index is 11.8. The predicted molar refractivity (Wildman–Crippen MR) is 62.7 cm³/mol. The summed E-state index contributed by atoms with van der Waals surface area (Å²) in [5.41, 5.74) is 1.63. The molecule has 0 aliphatic heterocycles. The maximum Gasteiger partial charge on any atom is 0.254 e. The molecule has 0 aromatic carbocycles. The molecule has 0 saturated heterocycles. The highest BCUT2D eigenvalue weighted by Crippen LogP contribution is 2.10. The van der Waals surface area contributed by atoms with Gasteiger partial charge in [-0.2, -0.15) is 0 Å². The van der Waals surface area contributed by atoms with Gasteiger partial charge in [0.1, 0.15) is 5.76 Å². The number of hydrogen-bond acceptors (Lipinski definition) is 3. The Morgan fingerprint density at radius 2 is 2.47 bits per heavy atom. The number of H-pyrrole nitrogens is 1. The normalized spacial score (nSPS) is 10.4. The van der Waals surface area contributed by atoms with Crippen LogP contribution in [0.3, 0.4) is 0 Å². The van der Waals surface area contributed by atoms with Gasteiger partial charge in [-0.05, 0) is 6.07 Å². The standard InChI is InChI=1S/C12H15N3O2/c1-2-11-10(4-6-17-11)12(16)14-5-3-9-7-13-8-15-9/h4,6-8H,2-3,5H2,1H3,(H,13,15)(H,14,16). The summed E-state index contributed by atoms with van der Waals surface area (Å²) < 4.78 is 5.21. The molecule has 17 heavy (non-hydrogen) atoms. The number of nitrogens with zero attached hydrogens (tertiary/aromatic N) is 1. The summed E-state index contributed by atoms with van der Waals surface area (Å²) in [5, 5.41) is 2.85. The van der Waals surface area contributed by atoms with Gasteiger partial charge in [-0.15, -0.1) is 0 Å². The van der Waals surface area contributed by atoms with Gasteiger partial charge in [0.25, 0.3) is 5.91 Å². The second kappa shape index (κ2) is 5.34. The summed E-state index contributed by atoms with van der Waals surface area (Å²) >= 11 is 0. The molecule has 2 heterocycles. The summed E-state index contributed by atoms with van der Waals surface area (Å²) in [6.45, 7) is 2.54. The van der Waals surface area contributed by atoms with Crippen molar-refractivity contribution in [1.82, 2.24) is 15.3 Å². The van der Waals surface area contributed by atoms with Crippen molar-refractivity contribution in [3.63, 3.8) is 0 Å². The summed E-state index contributed by atoms with van der Waals surface area (Å²) in [6, 6.07) is 1.70. The molecule has 0 spiro atoms. The van der Waals surface area contributed by atoms with E-state index in [1.165, 1.54) is 0 Å². The highest BCUT2D eigenvalue weighted by molar-refractivity contribution is 5.95. The molecule has 0 aliphatic carbocycles. The van der Waals surface area contributed by atoms with Crippen molar-refractivity contribution in [1.29, 1.82) is 0 Å². The number of aromatic nitrogens is 2. The number of hydrogen-bond donors (Lipinski definition) is 2. The Morgan fingerprint density at radius 1 is 1.59 bits per heavy atom. The lowest BCUT2D eigenvalue weighted by molar-refractivity contribution is 0.0952. The highest BCUT2D eigenvalue weighted by atomic mass is 16.3. The number of aryl methyl sites for hydroxylation is 1. The second-order valence-electron chi connectivity index (χ2n) is 3.69. The number of rotatable bonds is 5. The van der Waals surface area contributed by atoms with Crippen LogP contribution in [0.1, 0.15) is 28.7 Å². The van der Waals surface area contributed by atoms with E-state index in [0.717, 1.165) is 24.3 Å². The average molecular weight is 233 g/mol. The Hall–Kier alpha value is -2.04. The Kier molecular flexibility index (Phi) is 3.59. The van der Waals surface area contributed by atoms with E-state index < -0.39 is 0 Å². The van der Waals surface area contributed by atoms with E-state index >= 15 is 0 Å². The molecule has 2 aromatic rings. The minimum Gasteiger partial charge on any atom is -0.469 e. The van der Waals surface area contributed by atoms with Gasteiger partial charge in [-0.25, -0.2) is 4.98 Å². The molecular weight excluding hydrogens is 218 g/mol. The first-order valence-corrected chi connectivity index (χ1v) is 5.63. The van der Waals surface area contributed by atoms with Crippen molar-refractivity contribution in [3.8, 4) is 0 Å². The average Bonchev–Trinajstić information content (AvgIpc) is 2.99. The molecule has 0 aliphatic rings. The van der Waals surface area contributed by atoms with Gasteiger partial charge < -0.3 is 14.7 Å². The maximum atomic E-state index is 11.8. The SMILES string of the molecule is CCc1occc1C(=O)NCCc1cnc[nH]1. The second-order valence-corrected chi connectivity index (χ2v) is 3.69. The Labute approximate surface area is 99.2 Å². The highest BCUT2D eigenvalue weighted by Gasteiger charge is 2.12. The van der Waals surface area contributed by atoms with Crippen LogP contribution < -0.4 is 5.32 Å². The van der Waals surface area contributed by atoms with Gasteiger partial charge >= 0.3 is 0 Å². The van der Waals surface area contributed by atoms with E-state index in [1.54, 1.807) is 24.9 Å². The predicted octanol–water partition coefficient (Wildman–Crippen LogP) is 1.54. The molecule has 0 radical (unpaired) electrons. The van der Waals surface area contributed by atoms with Crippen LogP contribution in [0, 0.1) is 0 Å². The molecule has 2 rings (SSSR count).